The zero-order chi connectivity index (χ0) is 19.7. The molecule has 1 fully saturated rings. The Bertz CT molecular complexity index is 955. The van der Waals surface area contributed by atoms with Crippen LogP contribution in [0, 0.1) is 0 Å². The van der Waals surface area contributed by atoms with Gasteiger partial charge in [-0.15, -0.1) is 0 Å². The molecule has 1 aromatic rings. The van der Waals surface area contributed by atoms with E-state index in [0.717, 1.165) is 41.9 Å². The van der Waals surface area contributed by atoms with Crippen molar-refractivity contribution in [1.29, 1.82) is 0 Å². The lowest BCUT2D eigenvalue weighted by atomic mass is 9.97. The zero-order valence-electron chi connectivity index (χ0n) is 15.4. The van der Waals surface area contributed by atoms with Gasteiger partial charge in [-0.1, -0.05) is 41.4 Å². The molecule has 2 aliphatic heterocycles. The van der Waals surface area contributed by atoms with Gasteiger partial charge in [0, 0.05) is 22.2 Å². The molecule has 0 radical (unpaired) electrons. The smallest absolute Gasteiger partial charge is 0.240 e. The molecule has 2 N–H and O–H groups in total. The number of rotatable bonds is 4. The molecule has 1 aromatic carbocycles. The number of nitrogens with zero attached hydrogens (tertiary/aromatic N) is 1. The number of amides is 1. The lowest BCUT2D eigenvalue weighted by molar-refractivity contribution is -0.137. The summed E-state index contributed by atoms with van der Waals surface area (Å²) < 4.78 is 6.08. The highest BCUT2D eigenvalue weighted by molar-refractivity contribution is 6.35. The molecule has 1 saturated heterocycles. The average Bonchev–Trinajstić information content (AvgIpc) is 3.17. The Hall–Kier alpha value is -2.01. The first-order chi connectivity index (χ1) is 13.5. The van der Waals surface area contributed by atoms with Crippen LogP contribution in [0.5, 0.6) is 0 Å². The molecule has 0 aromatic heterocycles. The number of piperidine rings is 1. The molecule has 2 unspecified atom stereocenters. The van der Waals surface area contributed by atoms with E-state index >= 15 is 0 Å². The molecular formula is C22H22Cl2N2O2. The summed E-state index contributed by atoms with van der Waals surface area (Å²) in [5.74, 6) is 1.57. The van der Waals surface area contributed by atoms with E-state index in [1.54, 1.807) is 12.1 Å². The molecule has 1 amide bonds. The van der Waals surface area contributed by atoms with Crippen LogP contribution in [0.2, 0.25) is 10.0 Å². The lowest BCUT2D eigenvalue weighted by Crippen LogP contribution is -2.48. The lowest BCUT2D eigenvalue weighted by Gasteiger charge is -2.36. The van der Waals surface area contributed by atoms with E-state index in [9.17, 15) is 4.79 Å². The van der Waals surface area contributed by atoms with Crippen LogP contribution in [0.25, 0.3) is 11.3 Å². The molecule has 1 aliphatic carbocycles. The van der Waals surface area contributed by atoms with Crippen LogP contribution in [0.4, 0.5) is 0 Å². The third-order valence-corrected chi connectivity index (χ3v) is 5.94. The van der Waals surface area contributed by atoms with E-state index < -0.39 is 6.04 Å². The molecular weight excluding hydrogens is 395 g/mol. The van der Waals surface area contributed by atoms with Crippen molar-refractivity contribution >= 4 is 29.1 Å². The van der Waals surface area contributed by atoms with Gasteiger partial charge in [0.05, 0.1) is 12.1 Å². The molecule has 0 saturated carbocycles. The summed E-state index contributed by atoms with van der Waals surface area (Å²) >= 11 is 12.2. The highest BCUT2D eigenvalue weighted by Crippen LogP contribution is 2.35. The predicted molar refractivity (Wildman–Crippen MR) is 112 cm³/mol. The van der Waals surface area contributed by atoms with Crippen molar-refractivity contribution in [3.63, 3.8) is 0 Å². The van der Waals surface area contributed by atoms with Gasteiger partial charge in [0.2, 0.25) is 5.91 Å². The number of hydrogen-bond acceptors (Lipinski definition) is 3. The third-order valence-electron chi connectivity index (χ3n) is 5.35. The van der Waals surface area contributed by atoms with E-state index in [2.05, 4.69) is 0 Å². The zero-order valence-corrected chi connectivity index (χ0v) is 16.9. The maximum absolute atomic E-state index is 13.2. The van der Waals surface area contributed by atoms with E-state index in [-0.39, 0.29) is 11.9 Å². The summed E-state index contributed by atoms with van der Waals surface area (Å²) in [6.07, 6.45) is 3.27. The van der Waals surface area contributed by atoms with Crippen LogP contribution in [-0.4, -0.2) is 23.4 Å². The number of nitrogens with two attached hydrogens (primary N) is 1. The van der Waals surface area contributed by atoms with Gasteiger partial charge in [0.25, 0.3) is 0 Å². The molecule has 0 spiro atoms. The van der Waals surface area contributed by atoms with Crippen molar-refractivity contribution in [2.24, 2.45) is 5.73 Å². The van der Waals surface area contributed by atoms with Gasteiger partial charge in [-0.3, -0.25) is 4.79 Å². The summed E-state index contributed by atoms with van der Waals surface area (Å²) in [6, 6.07) is 14.4. The van der Waals surface area contributed by atoms with E-state index in [1.165, 1.54) is 0 Å². The summed E-state index contributed by atoms with van der Waals surface area (Å²) in [5.41, 5.74) is 8.17. The molecule has 3 aliphatic rings. The second kappa shape index (κ2) is 8.16. The molecule has 146 valence electrons. The summed E-state index contributed by atoms with van der Waals surface area (Å²) in [5, 5.41) is 1.09. The highest BCUT2D eigenvalue weighted by atomic mass is 35.5. The predicted octanol–water partition coefficient (Wildman–Crippen LogP) is 5.31. The quantitative estimate of drug-likeness (QED) is 0.626. The third kappa shape index (κ3) is 3.90. The first kappa shape index (κ1) is 19.3. The van der Waals surface area contributed by atoms with E-state index in [1.807, 2.05) is 41.3 Å². The van der Waals surface area contributed by atoms with Crippen molar-refractivity contribution < 1.29 is 9.21 Å². The Morgan fingerprint density at radius 1 is 1.18 bits per heavy atom. The second-order valence-corrected chi connectivity index (χ2v) is 8.12. The van der Waals surface area contributed by atoms with Gasteiger partial charge in [0.1, 0.15) is 11.5 Å². The first-order valence-corrected chi connectivity index (χ1v) is 10.3. The van der Waals surface area contributed by atoms with E-state index in [0.29, 0.717) is 23.0 Å². The second-order valence-electron chi connectivity index (χ2n) is 7.27. The Morgan fingerprint density at radius 3 is 2.86 bits per heavy atom. The van der Waals surface area contributed by atoms with Gasteiger partial charge < -0.3 is 15.1 Å². The number of benzene rings is 1. The van der Waals surface area contributed by atoms with Gasteiger partial charge in [-0.25, -0.2) is 0 Å². The van der Waals surface area contributed by atoms with Crippen LogP contribution < -0.4 is 5.73 Å². The monoisotopic (exact) mass is 416 g/mol. The van der Waals surface area contributed by atoms with Crippen LogP contribution in [-0.2, 0) is 11.2 Å². The molecule has 2 heterocycles. The number of fused-ring (bicyclic) bond motifs is 1. The highest BCUT2D eigenvalue weighted by Gasteiger charge is 2.33. The van der Waals surface area contributed by atoms with Crippen molar-refractivity contribution in [1.82, 2.24) is 4.90 Å². The normalized spacial score (nSPS) is 18.4. The van der Waals surface area contributed by atoms with Gasteiger partial charge in [-0.05, 0) is 61.6 Å². The largest absolute Gasteiger partial charge is 0.459 e. The minimum atomic E-state index is -0.665. The van der Waals surface area contributed by atoms with Crippen LogP contribution in [0.15, 0.2) is 52.9 Å². The fourth-order valence-electron chi connectivity index (χ4n) is 3.88. The Morgan fingerprint density at radius 2 is 2.04 bits per heavy atom. The molecule has 2 atom stereocenters. The Kier molecular flexibility index (Phi) is 5.63. The number of carbonyl (C=O) groups excluding carboxylic acids is 1. The molecule has 4 rings (SSSR count). The standard InChI is InChI=1S/C22H22Cl2N2O2/c23-16-9-7-15(17(24)13-16)12-18(25)22(27)26-11-2-1-5-19(26)21-10-8-14-4-3-6-20(14)28-21/h3-4,6-10,13,18-19H,1-2,5,11-12,25H2. The van der Waals surface area contributed by atoms with Crippen molar-refractivity contribution in [3.8, 4) is 11.3 Å². The molecule has 28 heavy (non-hydrogen) atoms. The maximum Gasteiger partial charge on any atom is 0.240 e. The average molecular weight is 417 g/mol. The molecule has 6 heteroatoms. The van der Waals surface area contributed by atoms with Gasteiger partial charge in [-0.2, -0.15) is 0 Å². The maximum atomic E-state index is 13.2. The minimum absolute atomic E-state index is 0.0754. The first-order valence-electron chi connectivity index (χ1n) is 9.51. The molecule has 4 nitrogen and oxygen atoms in total. The minimum Gasteiger partial charge on any atom is -0.459 e. The number of likely N-dealkylation sites (tertiary alicyclic amines) is 1. The van der Waals surface area contributed by atoms with Crippen molar-refractivity contribution in [3.05, 3.63) is 69.9 Å². The fraction of sp³-hybridized carbons (Fsp3) is 0.318. The van der Waals surface area contributed by atoms with Gasteiger partial charge >= 0.3 is 0 Å². The topological polar surface area (TPSA) is 59.5 Å². The summed E-state index contributed by atoms with van der Waals surface area (Å²) in [4.78, 5) is 15.0. The van der Waals surface area contributed by atoms with Crippen molar-refractivity contribution in [2.75, 3.05) is 6.54 Å². The number of halogens is 2. The Labute approximate surface area is 174 Å². The summed E-state index contributed by atoms with van der Waals surface area (Å²) in [6.45, 7) is 0.681. The SMILES string of the molecule is NC(Cc1ccc(Cl)cc1Cl)C(=O)N1CCCCC1c1ccc2cccc-2o1. The fourth-order valence-corrected chi connectivity index (χ4v) is 4.36. The van der Waals surface area contributed by atoms with Crippen LogP contribution in [0.3, 0.4) is 0 Å². The van der Waals surface area contributed by atoms with Crippen LogP contribution in [0.1, 0.15) is 36.6 Å². The van der Waals surface area contributed by atoms with Crippen molar-refractivity contribution in [2.45, 2.75) is 37.8 Å². The summed E-state index contributed by atoms with van der Waals surface area (Å²) in [7, 11) is 0. The number of carbonyl (C=O) groups is 1. The van der Waals surface area contributed by atoms with E-state index in [4.69, 9.17) is 33.4 Å². The molecule has 0 bridgehead atoms. The van der Waals surface area contributed by atoms with Gasteiger partial charge in [0.15, 0.2) is 0 Å². The van der Waals surface area contributed by atoms with Crippen LogP contribution >= 0.6 is 23.2 Å². The Balaban J connectivity index is 1.54. The number of hydrogen-bond donors (Lipinski definition) is 1.